The summed E-state index contributed by atoms with van der Waals surface area (Å²) in [5, 5.41) is 5.96. The number of nitrogens with two attached hydrogens (primary N) is 1. The smallest absolute Gasteiger partial charge is 0.265 e. The fourth-order valence-electron chi connectivity index (χ4n) is 5.15. The van der Waals surface area contributed by atoms with Gasteiger partial charge in [-0.25, -0.2) is 9.37 Å². The Morgan fingerprint density at radius 2 is 2.05 bits per heavy atom. The third-order valence-corrected chi connectivity index (χ3v) is 7.24. The lowest BCUT2D eigenvalue weighted by molar-refractivity contribution is -0.136. The van der Waals surface area contributed by atoms with Gasteiger partial charge >= 0.3 is 0 Å². The number of nitrogens with zero attached hydrogens (tertiary/aromatic N) is 5. The van der Waals surface area contributed by atoms with E-state index in [1.54, 1.807) is 7.05 Å². The van der Waals surface area contributed by atoms with Crippen LogP contribution in [0.15, 0.2) is 23.0 Å². The van der Waals surface area contributed by atoms with Crippen LogP contribution in [-0.4, -0.2) is 78.2 Å². The van der Waals surface area contributed by atoms with E-state index in [-0.39, 0.29) is 29.6 Å². The van der Waals surface area contributed by atoms with Gasteiger partial charge in [0.1, 0.15) is 5.71 Å². The summed E-state index contributed by atoms with van der Waals surface area (Å²) in [4.78, 5) is 42.0. The van der Waals surface area contributed by atoms with Crippen LogP contribution < -0.4 is 21.3 Å². The maximum atomic E-state index is 15.0. The molecule has 11 heteroatoms. The molecule has 1 aromatic rings. The minimum atomic E-state index is -0.468. The Bertz CT molecular complexity index is 1040. The summed E-state index contributed by atoms with van der Waals surface area (Å²) < 4.78 is 15.0. The summed E-state index contributed by atoms with van der Waals surface area (Å²) in [6, 6.07) is 0.0883. The van der Waals surface area contributed by atoms with E-state index in [9.17, 15) is 14.0 Å². The number of aromatic nitrogens is 2. The number of rotatable bonds is 11. The van der Waals surface area contributed by atoms with Crippen LogP contribution in [0.5, 0.6) is 0 Å². The summed E-state index contributed by atoms with van der Waals surface area (Å²) in [7, 11) is 1.58. The molecule has 3 saturated heterocycles. The van der Waals surface area contributed by atoms with Crippen molar-refractivity contribution in [2.24, 2.45) is 22.6 Å². The number of piperidine rings is 1. The Kier molecular flexibility index (Phi) is 9.07. The molecule has 4 fully saturated rings. The molecule has 4 heterocycles. The zero-order chi connectivity index (χ0) is 26.4. The Hall–Kier alpha value is -3.08. The number of amides is 2. The van der Waals surface area contributed by atoms with Crippen LogP contribution in [0.4, 0.5) is 16.2 Å². The quantitative estimate of drug-likeness (QED) is 0.386. The largest absolute Gasteiger partial charge is 0.352 e. The number of carbonyl (C=O) groups excluding carboxylic acids is 2. The molecular formula is C26H39FN8O2. The Balaban J connectivity index is 1.47. The molecule has 1 aliphatic carbocycles. The lowest BCUT2D eigenvalue weighted by atomic mass is 9.94. The van der Waals surface area contributed by atoms with Crippen LogP contribution in [0, 0.1) is 17.7 Å². The van der Waals surface area contributed by atoms with E-state index in [2.05, 4.69) is 32.5 Å². The fourth-order valence-corrected chi connectivity index (χ4v) is 5.15. The number of halogens is 1. The molecule has 2 amide bonds. The molecule has 10 nitrogen and oxygen atoms in total. The van der Waals surface area contributed by atoms with Crippen LogP contribution >= 0.6 is 0 Å². The average Bonchev–Trinajstić information content (AvgIpc) is 3.76. The number of hydrogen-bond acceptors (Lipinski definition) is 8. The molecule has 0 unspecified atom stereocenters. The molecule has 2 atom stereocenters. The van der Waals surface area contributed by atoms with Gasteiger partial charge in [-0.15, -0.1) is 0 Å². The highest BCUT2D eigenvalue weighted by Crippen LogP contribution is 2.37. The van der Waals surface area contributed by atoms with Crippen molar-refractivity contribution < 1.29 is 14.0 Å². The molecule has 4 aliphatic rings. The predicted octanol–water partition coefficient (Wildman–Crippen LogP) is 2.08. The lowest BCUT2D eigenvalue weighted by Crippen LogP contribution is -2.48. The standard InChI is InChI=1S/C26H39FN8O2/c1-3-4-19(8-10-22(29-2)24(36)30-12-11-28)32-26-31-13-21(27)23(33-26)34-14-17-5-9-20(16-34)35(15-17)25(37)18-6-7-18/h8,13,17-18,20H,3-7,9-12,14-16,28H2,1-2H3,(H,30,36)(H,31,32,33)/b19-8+,29-22?/t17-,20+/m0/s1. The maximum absolute atomic E-state index is 15.0. The number of nitrogens with one attached hydrogen (secondary N) is 2. The second kappa shape index (κ2) is 12.4. The van der Waals surface area contributed by atoms with Gasteiger partial charge in [0.05, 0.1) is 6.20 Å². The van der Waals surface area contributed by atoms with Crippen molar-refractivity contribution in [3.8, 4) is 0 Å². The second-order valence-electron chi connectivity index (χ2n) is 10.2. The molecule has 0 aromatic carbocycles. The van der Waals surface area contributed by atoms with Gasteiger partial charge < -0.3 is 26.2 Å². The van der Waals surface area contributed by atoms with Gasteiger partial charge in [0.15, 0.2) is 11.6 Å². The fraction of sp³-hybridized carbons (Fsp3) is 0.654. The number of anilines is 2. The third-order valence-electron chi connectivity index (χ3n) is 7.24. The van der Waals surface area contributed by atoms with Crippen LogP contribution in [0.25, 0.3) is 0 Å². The van der Waals surface area contributed by atoms with Crippen molar-refractivity contribution in [3.63, 3.8) is 0 Å². The minimum Gasteiger partial charge on any atom is -0.352 e. The Morgan fingerprint density at radius 1 is 1.24 bits per heavy atom. The van der Waals surface area contributed by atoms with Crippen molar-refractivity contribution in [2.75, 3.05) is 50.0 Å². The topological polar surface area (TPSA) is 129 Å². The van der Waals surface area contributed by atoms with Crippen LogP contribution in [0.2, 0.25) is 0 Å². The van der Waals surface area contributed by atoms with E-state index in [4.69, 9.17) is 5.73 Å². The molecule has 5 rings (SSSR count). The first-order chi connectivity index (χ1) is 17.9. The van der Waals surface area contributed by atoms with Crippen molar-refractivity contribution >= 4 is 29.3 Å². The molecule has 202 valence electrons. The molecule has 0 radical (unpaired) electrons. The van der Waals surface area contributed by atoms with E-state index >= 15 is 0 Å². The van der Waals surface area contributed by atoms with Crippen molar-refractivity contribution in [3.05, 3.63) is 23.8 Å². The first-order valence-electron chi connectivity index (χ1n) is 13.4. The Morgan fingerprint density at radius 3 is 2.76 bits per heavy atom. The molecule has 4 N–H and O–H groups in total. The summed E-state index contributed by atoms with van der Waals surface area (Å²) >= 11 is 0. The molecule has 0 spiro atoms. The lowest BCUT2D eigenvalue weighted by Gasteiger charge is -2.36. The second-order valence-corrected chi connectivity index (χ2v) is 10.2. The number of hydrogen-bond donors (Lipinski definition) is 3. The zero-order valence-corrected chi connectivity index (χ0v) is 21.9. The van der Waals surface area contributed by atoms with Crippen LogP contribution in [0.1, 0.15) is 51.9 Å². The van der Waals surface area contributed by atoms with Gasteiger partial charge in [-0.2, -0.15) is 4.98 Å². The highest BCUT2D eigenvalue weighted by atomic mass is 19.1. The van der Waals surface area contributed by atoms with E-state index in [1.165, 1.54) is 6.20 Å². The summed E-state index contributed by atoms with van der Waals surface area (Å²) in [5.41, 5.74) is 6.70. The van der Waals surface area contributed by atoms with Crippen LogP contribution in [0.3, 0.4) is 0 Å². The third kappa shape index (κ3) is 6.82. The first kappa shape index (κ1) is 27.0. The first-order valence-corrected chi connectivity index (χ1v) is 13.4. The molecule has 2 bridgehead atoms. The van der Waals surface area contributed by atoms with Crippen molar-refractivity contribution in [2.45, 2.75) is 57.9 Å². The molecule has 1 saturated carbocycles. The van der Waals surface area contributed by atoms with E-state index < -0.39 is 5.82 Å². The highest BCUT2D eigenvalue weighted by Gasteiger charge is 2.42. The minimum absolute atomic E-state index is 0.0883. The summed E-state index contributed by atoms with van der Waals surface area (Å²) in [5.74, 6) is 0.621. The number of fused-ring (bicyclic) bond motifs is 4. The van der Waals surface area contributed by atoms with Gasteiger partial charge in [-0.3, -0.25) is 14.6 Å². The van der Waals surface area contributed by atoms with Gasteiger partial charge in [-0.05, 0) is 38.0 Å². The molecular weight excluding hydrogens is 475 g/mol. The van der Waals surface area contributed by atoms with Gasteiger partial charge in [-0.1, -0.05) is 19.4 Å². The zero-order valence-electron chi connectivity index (χ0n) is 21.9. The van der Waals surface area contributed by atoms with Gasteiger partial charge in [0.25, 0.3) is 5.91 Å². The van der Waals surface area contributed by atoms with Gasteiger partial charge in [0.2, 0.25) is 11.9 Å². The number of allylic oxidation sites excluding steroid dienone is 2. The van der Waals surface area contributed by atoms with Crippen molar-refractivity contribution in [1.29, 1.82) is 0 Å². The van der Waals surface area contributed by atoms with E-state index in [0.29, 0.717) is 56.6 Å². The van der Waals surface area contributed by atoms with Crippen LogP contribution in [-0.2, 0) is 9.59 Å². The molecule has 37 heavy (non-hydrogen) atoms. The molecule has 3 aliphatic heterocycles. The van der Waals surface area contributed by atoms with Gasteiger partial charge in [0, 0.05) is 63.8 Å². The normalized spacial score (nSPS) is 22.2. The summed E-state index contributed by atoms with van der Waals surface area (Å²) in [6.45, 7) is 4.80. The summed E-state index contributed by atoms with van der Waals surface area (Å²) in [6.07, 6.45) is 8.98. The molecule has 1 aromatic heterocycles. The van der Waals surface area contributed by atoms with E-state index in [0.717, 1.165) is 44.3 Å². The SMILES string of the molecule is CCC/C(=C\CC(=NC)C(=O)NCCN)Nc1ncc(F)c(N2C[C@@H]3CC[C@H](C2)N(C(=O)C2CC2)C3)n1. The van der Waals surface area contributed by atoms with E-state index in [1.807, 2.05) is 15.9 Å². The number of carbonyl (C=O) groups is 2. The monoisotopic (exact) mass is 514 g/mol. The highest BCUT2D eigenvalue weighted by molar-refractivity contribution is 6.39. The predicted molar refractivity (Wildman–Crippen MR) is 142 cm³/mol. The van der Waals surface area contributed by atoms with Crippen molar-refractivity contribution in [1.82, 2.24) is 20.2 Å². The number of aliphatic imine (C=N–C) groups is 1. The average molecular weight is 515 g/mol. The maximum Gasteiger partial charge on any atom is 0.265 e. The Labute approximate surface area is 218 Å².